The van der Waals surface area contributed by atoms with E-state index in [0.717, 1.165) is 6.08 Å². The van der Waals surface area contributed by atoms with E-state index < -0.39 is 5.82 Å². The monoisotopic (exact) mass is 243 g/mol. The van der Waals surface area contributed by atoms with Crippen molar-refractivity contribution in [2.75, 3.05) is 5.32 Å². The first kappa shape index (κ1) is 9.92. The molecule has 68 valence electrons. The lowest BCUT2D eigenvalue weighted by molar-refractivity contribution is -0.111. The van der Waals surface area contributed by atoms with Crippen LogP contribution in [0.2, 0.25) is 0 Å². The fourth-order valence-electron chi connectivity index (χ4n) is 0.777. The van der Waals surface area contributed by atoms with Gasteiger partial charge >= 0.3 is 0 Å². The van der Waals surface area contributed by atoms with E-state index in [-0.39, 0.29) is 5.91 Å². The number of nitrogens with one attached hydrogen (secondary N) is 1. The molecule has 0 aliphatic carbocycles. The Hall–Kier alpha value is -1.16. The van der Waals surface area contributed by atoms with E-state index in [1.807, 2.05) is 0 Å². The number of benzene rings is 1. The third-order valence-electron chi connectivity index (χ3n) is 1.37. The van der Waals surface area contributed by atoms with Gasteiger partial charge in [-0.05, 0) is 40.2 Å². The lowest BCUT2D eigenvalue weighted by atomic mass is 10.3. The van der Waals surface area contributed by atoms with Crippen LogP contribution in [0.1, 0.15) is 0 Å². The average molecular weight is 244 g/mol. The zero-order valence-electron chi connectivity index (χ0n) is 6.68. The molecule has 0 aliphatic heterocycles. The van der Waals surface area contributed by atoms with Gasteiger partial charge < -0.3 is 5.32 Å². The van der Waals surface area contributed by atoms with Crippen molar-refractivity contribution in [1.29, 1.82) is 0 Å². The van der Waals surface area contributed by atoms with Crippen molar-refractivity contribution in [3.63, 3.8) is 0 Å². The maximum Gasteiger partial charge on any atom is 0.247 e. The summed E-state index contributed by atoms with van der Waals surface area (Å²) in [6.07, 6.45) is 1.12. The molecule has 0 aliphatic rings. The second-order valence-corrected chi connectivity index (χ2v) is 3.17. The van der Waals surface area contributed by atoms with Gasteiger partial charge in [-0.2, -0.15) is 0 Å². The minimum absolute atomic E-state index is 0.369. The maximum absolute atomic E-state index is 12.7. The lowest BCUT2D eigenvalue weighted by Crippen LogP contribution is -2.07. The summed E-state index contributed by atoms with van der Waals surface area (Å²) < 4.78 is 13.3. The van der Waals surface area contributed by atoms with Gasteiger partial charge in [0, 0.05) is 4.47 Å². The quantitative estimate of drug-likeness (QED) is 0.796. The zero-order valence-corrected chi connectivity index (χ0v) is 8.27. The summed E-state index contributed by atoms with van der Waals surface area (Å²) in [7, 11) is 0. The van der Waals surface area contributed by atoms with E-state index in [1.54, 1.807) is 0 Å². The van der Waals surface area contributed by atoms with Gasteiger partial charge in [0.05, 0.1) is 5.69 Å². The van der Waals surface area contributed by atoms with Crippen LogP contribution in [0.25, 0.3) is 0 Å². The minimum Gasteiger partial charge on any atom is -0.321 e. The van der Waals surface area contributed by atoms with Crippen molar-refractivity contribution in [2.24, 2.45) is 0 Å². The van der Waals surface area contributed by atoms with Crippen LogP contribution in [0.15, 0.2) is 35.3 Å². The number of hydrogen-bond donors (Lipinski definition) is 1. The third kappa shape index (κ3) is 2.66. The van der Waals surface area contributed by atoms with Crippen LogP contribution in [0.5, 0.6) is 0 Å². The van der Waals surface area contributed by atoms with E-state index >= 15 is 0 Å². The van der Waals surface area contributed by atoms with E-state index in [0.29, 0.717) is 10.2 Å². The van der Waals surface area contributed by atoms with Crippen molar-refractivity contribution >= 4 is 27.5 Å². The highest BCUT2D eigenvalue weighted by atomic mass is 79.9. The molecule has 0 bridgehead atoms. The highest BCUT2D eigenvalue weighted by Gasteiger charge is 2.03. The Labute approximate surface area is 83.6 Å². The first-order chi connectivity index (χ1) is 6.13. The molecule has 0 fully saturated rings. The van der Waals surface area contributed by atoms with Crippen molar-refractivity contribution in [1.82, 2.24) is 0 Å². The fraction of sp³-hybridized carbons (Fsp3) is 0. The summed E-state index contributed by atoms with van der Waals surface area (Å²) in [6.45, 7) is 3.29. The van der Waals surface area contributed by atoms with Gasteiger partial charge in [0.2, 0.25) is 5.91 Å². The van der Waals surface area contributed by atoms with Gasteiger partial charge in [0.15, 0.2) is 0 Å². The van der Waals surface area contributed by atoms with E-state index in [2.05, 4.69) is 27.8 Å². The van der Waals surface area contributed by atoms with E-state index in [1.165, 1.54) is 18.2 Å². The van der Waals surface area contributed by atoms with Gasteiger partial charge in [0.1, 0.15) is 5.82 Å². The smallest absolute Gasteiger partial charge is 0.247 e. The zero-order chi connectivity index (χ0) is 9.84. The van der Waals surface area contributed by atoms with Gasteiger partial charge in [-0.25, -0.2) is 4.39 Å². The summed E-state index contributed by atoms with van der Waals surface area (Å²) in [5.74, 6) is -0.770. The first-order valence-electron chi connectivity index (χ1n) is 3.52. The van der Waals surface area contributed by atoms with Crippen LogP contribution >= 0.6 is 15.9 Å². The second-order valence-electron chi connectivity index (χ2n) is 2.32. The summed E-state index contributed by atoms with van der Waals surface area (Å²) in [5.41, 5.74) is 0.393. The predicted octanol–water partition coefficient (Wildman–Crippen LogP) is 2.71. The summed E-state index contributed by atoms with van der Waals surface area (Å²) in [5, 5.41) is 2.46. The number of amides is 1. The van der Waals surface area contributed by atoms with Gasteiger partial charge in [-0.3, -0.25) is 4.79 Å². The Morgan fingerprint density at radius 1 is 1.62 bits per heavy atom. The summed E-state index contributed by atoms with van der Waals surface area (Å²) >= 11 is 3.17. The SMILES string of the molecule is C=CC(=O)Nc1cc(F)ccc1Br. The Kier molecular flexibility index (Phi) is 3.19. The number of hydrogen-bond acceptors (Lipinski definition) is 1. The standard InChI is InChI=1S/C9H7BrFNO/c1-2-9(13)12-8-5-6(11)3-4-7(8)10/h2-5H,1H2,(H,12,13). The Balaban J connectivity index is 2.93. The molecule has 0 atom stereocenters. The Bertz CT molecular complexity index is 351. The highest BCUT2D eigenvalue weighted by molar-refractivity contribution is 9.10. The molecule has 0 saturated heterocycles. The molecule has 13 heavy (non-hydrogen) atoms. The minimum atomic E-state index is -0.400. The molecule has 0 heterocycles. The molecule has 0 saturated carbocycles. The average Bonchev–Trinajstić information content (AvgIpc) is 2.11. The molecule has 1 rings (SSSR count). The molecule has 1 amide bonds. The predicted molar refractivity (Wildman–Crippen MR) is 52.9 cm³/mol. The second kappa shape index (κ2) is 4.18. The van der Waals surface area contributed by atoms with Crippen molar-refractivity contribution < 1.29 is 9.18 Å². The van der Waals surface area contributed by atoms with E-state index in [9.17, 15) is 9.18 Å². The van der Waals surface area contributed by atoms with Gasteiger partial charge in [0.25, 0.3) is 0 Å². The molecule has 0 radical (unpaired) electrons. The number of anilines is 1. The van der Waals surface area contributed by atoms with Crippen LogP contribution in [-0.4, -0.2) is 5.91 Å². The number of carbonyl (C=O) groups is 1. The Morgan fingerprint density at radius 3 is 2.92 bits per heavy atom. The van der Waals surface area contributed by atoms with Crippen molar-refractivity contribution in [3.05, 3.63) is 41.1 Å². The largest absolute Gasteiger partial charge is 0.321 e. The van der Waals surface area contributed by atoms with E-state index in [4.69, 9.17) is 0 Å². The highest BCUT2D eigenvalue weighted by Crippen LogP contribution is 2.22. The van der Waals surface area contributed by atoms with Crippen molar-refractivity contribution in [3.8, 4) is 0 Å². The number of carbonyl (C=O) groups excluding carboxylic acids is 1. The molecule has 0 aromatic heterocycles. The van der Waals surface area contributed by atoms with Crippen LogP contribution in [0, 0.1) is 5.82 Å². The molecular weight excluding hydrogens is 237 g/mol. The number of rotatable bonds is 2. The molecule has 0 unspecified atom stereocenters. The normalized spacial score (nSPS) is 9.38. The van der Waals surface area contributed by atoms with Crippen LogP contribution in [0.3, 0.4) is 0 Å². The van der Waals surface area contributed by atoms with Crippen molar-refractivity contribution in [2.45, 2.75) is 0 Å². The fourth-order valence-corrected chi connectivity index (χ4v) is 1.12. The maximum atomic E-state index is 12.7. The summed E-state index contributed by atoms with van der Waals surface area (Å²) in [6, 6.07) is 4.05. The van der Waals surface area contributed by atoms with Crippen LogP contribution in [0.4, 0.5) is 10.1 Å². The Morgan fingerprint density at radius 2 is 2.31 bits per heavy atom. The van der Waals surface area contributed by atoms with Gasteiger partial charge in [-0.1, -0.05) is 6.58 Å². The van der Waals surface area contributed by atoms with Crippen LogP contribution in [-0.2, 0) is 4.79 Å². The third-order valence-corrected chi connectivity index (χ3v) is 2.06. The molecule has 1 aromatic rings. The first-order valence-corrected chi connectivity index (χ1v) is 4.31. The molecule has 4 heteroatoms. The molecule has 0 spiro atoms. The molecule has 2 nitrogen and oxygen atoms in total. The number of halogens is 2. The van der Waals surface area contributed by atoms with Gasteiger partial charge in [-0.15, -0.1) is 0 Å². The lowest BCUT2D eigenvalue weighted by Gasteiger charge is -2.04. The van der Waals surface area contributed by atoms with Crippen LogP contribution < -0.4 is 5.32 Å². The molecular formula is C9H7BrFNO. The molecule has 1 aromatic carbocycles. The summed E-state index contributed by atoms with van der Waals surface area (Å²) in [4.78, 5) is 10.9. The topological polar surface area (TPSA) is 29.1 Å². The molecule has 1 N–H and O–H groups in total.